The average Bonchev–Trinajstić information content (AvgIpc) is 2.25. The van der Waals surface area contributed by atoms with E-state index in [1.165, 1.54) is 0 Å². The van der Waals surface area contributed by atoms with Crippen molar-refractivity contribution in [3.8, 4) is 0 Å². The largest absolute Gasteiger partial charge is 0.446 e. The Morgan fingerprint density at radius 2 is 1.89 bits per heavy atom. The Labute approximate surface area is 115 Å². The summed E-state index contributed by atoms with van der Waals surface area (Å²) in [5, 5.41) is 0. The number of carbonyl (C=O) groups is 1. The van der Waals surface area contributed by atoms with Gasteiger partial charge in [-0.15, -0.1) is 11.6 Å². The number of carbonyl (C=O) groups excluding carboxylic acids is 1. The predicted octanol–water partition coefficient (Wildman–Crippen LogP) is 4.59. The van der Waals surface area contributed by atoms with Crippen LogP contribution >= 0.6 is 23.4 Å². The monoisotopic (exact) mass is 318 g/mol. The first-order chi connectivity index (χ1) is 8.71. The lowest BCUT2D eigenvalue weighted by Crippen LogP contribution is -2.05. The molecule has 0 bridgehead atoms. The van der Waals surface area contributed by atoms with Gasteiger partial charge in [-0.3, -0.25) is 4.79 Å². The van der Waals surface area contributed by atoms with Gasteiger partial charge in [-0.1, -0.05) is 0 Å². The van der Waals surface area contributed by atoms with Crippen LogP contribution in [0.1, 0.15) is 17.6 Å². The van der Waals surface area contributed by atoms with E-state index in [4.69, 9.17) is 11.6 Å². The highest BCUT2D eigenvalue weighted by molar-refractivity contribution is 8.00. The van der Waals surface area contributed by atoms with E-state index in [1.807, 2.05) is 0 Å². The Kier molecular flexibility index (Phi) is 5.61. The zero-order valence-electron chi connectivity index (χ0n) is 9.31. The molecular weight excluding hydrogens is 311 g/mol. The minimum absolute atomic E-state index is 0.0928. The molecule has 106 valence electrons. The van der Waals surface area contributed by atoms with Crippen LogP contribution in [0.25, 0.3) is 0 Å². The Bertz CT molecular complexity index is 461. The van der Waals surface area contributed by atoms with Crippen molar-refractivity contribution < 1.29 is 26.7 Å². The van der Waals surface area contributed by atoms with Crippen LogP contribution in [0.3, 0.4) is 0 Å². The second-order valence-electron chi connectivity index (χ2n) is 3.61. The fourth-order valence-corrected chi connectivity index (χ4v) is 2.15. The maximum absolute atomic E-state index is 12.6. The molecule has 0 radical (unpaired) electrons. The minimum Gasteiger partial charge on any atom is -0.298 e. The van der Waals surface area contributed by atoms with Crippen LogP contribution in [0.2, 0.25) is 0 Å². The van der Waals surface area contributed by atoms with Crippen molar-refractivity contribution in [2.24, 2.45) is 0 Å². The van der Waals surface area contributed by atoms with Crippen molar-refractivity contribution in [3.05, 3.63) is 29.3 Å². The van der Waals surface area contributed by atoms with Gasteiger partial charge in [-0.2, -0.15) is 13.2 Å². The lowest BCUT2D eigenvalue weighted by molar-refractivity contribution is -0.116. The van der Waals surface area contributed by atoms with E-state index in [0.717, 1.165) is 18.2 Å². The SMILES string of the molecule is O=C(CCl)Cc1cc(SC(F)(F)F)cc(C(F)F)c1. The van der Waals surface area contributed by atoms with Crippen molar-refractivity contribution in [2.45, 2.75) is 23.3 Å². The van der Waals surface area contributed by atoms with Gasteiger partial charge in [0.25, 0.3) is 6.43 Å². The predicted molar refractivity (Wildman–Crippen MR) is 62.7 cm³/mol. The molecule has 0 N–H and O–H groups in total. The highest BCUT2D eigenvalue weighted by Gasteiger charge is 2.30. The number of halogens is 6. The van der Waals surface area contributed by atoms with Crippen LogP contribution in [-0.2, 0) is 11.2 Å². The molecule has 1 nitrogen and oxygen atoms in total. The van der Waals surface area contributed by atoms with Gasteiger partial charge in [-0.25, -0.2) is 8.78 Å². The summed E-state index contributed by atoms with van der Waals surface area (Å²) >= 11 is 4.77. The van der Waals surface area contributed by atoms with E-state index in [-0.39, 0.29) is 22.8 Å². The number of Topliss-reactive ketones (excluding diaryl/α,β-unsaturated/α-hetero) is 1. The van der Waals surface area contributed by atoms with E-state index in [2.05, 4.69) is 0 Å². The van der Waals surface area contributed by atoms with E-state index < -0.39 is 35.0 Å². The summed E-state index contributed by atoms with van der Waals surface area (Å²) < 4.78 is 61.8. The lowest BCUT2D eigenvalue weighted by atomic mass is 10.1. The van der Waals surface area contributed by atoms with Crippen molar-refractivity contribution >= 4 is 29.1 Å². The zero-order valence-corrected chi connectivity index (χ0v) is 10.9. The van der Waals surface area contributed by atoms with Crippen LogP contribution in [0.5, 0.6) is 0 Å². The molecule has 0 aliphatic heterocycles. The van der Waals surface area contributed by atoms with Crippen LogP contribution in [0, 0.1) is 0 Å². The molecule has 1 rings (SSSR count). The van der Waals surface area contributed by atoms with Gasteiger partial charge in [0.1, 0.15) is 0 Å². The van der Waals surface area contributed by atoms with Crippen LogP contribution in [-0.4, -0.2) is 17.2 Å². The van der Waals surface area contributed by atoms with Gasteiger partial charge >= 0.3 is 5.51 Å². The molecule has 1 aromatic carbocycles. The molecule has 8 heteroatoms. The summed E-state index contributed by atoms with van der Waals surface area (Å²) in [7, 11) is 0. The fourth-order valence-electron chi connectivity index (χ4n) is 1.38. The summed E-state index contributed by atoms with van der Waals surface area (Å²) in [6, 6.07) is 2.83. The van der Waals surface area contributed by atoms with Gasteiger partial charge in [-0.05, 0) is 35.5 Å². The van der Waals surface area contributed by atoms with Crippen LogP contribution in [0.4, 0.5) is 22.0 Å². The second kappa shape index (κ2) is 6.56. The molecule has 0 amide bonds. The molecule has 0 unspecified atom stereocenters. The second-order valence-corrected chi connectivity index (χ2v) is 5.01. The summed E-state index contributed by atoms with van der Waals surface area (Å²) in [6.07, 6.45) is -3.17. The Balaban J connectivity index is 3.07. The van der Waals surface area contributed by atoms with Gasteiger partial charge < -0.3 is 0 Å². The molecule has 0 heterocycles. The number of rotatable bonds is 5. The molecule has 1 aromatic rings. The quantitative estimate of drug-likeness (QED) is 0.449. The number of hydrogen-bond acceptors (Lipinski definition) is 2. The minimum atomic E-state index is -4.57. The third-order valence-corrected chi connectivity index (χ3v) is 3.03. The van der Waals surface area contributed by atoms with Crippen molar-refractivity contribution in [1.82, 2.24) is 0 Å². The van der Waals surface area contributed by atoms with E-state index in [9.17, 15) is 26.7 Å². The molecule has 0 aromatic heterocycles. The first-order valence-electron chi connectivity index (χ1n) is 4.96. The first kappa shape index (κ1) is 16.2. The summed E-state index contributed by atoms with van der Waals surface area (Å²) in [6.45, 7) is 0. The third-order valence-electron chi connectivity index (χ3n) is 2.02. The van der Waals surface area contributed by atoms with Gasteiger partial charge in [0.15, 0.2) is 5.78 Å². The number of thioether (sulfide) groups is 1. The lowest BCUT2D eigenvalue weighted by Gasteiger charge is -2.10. The zero-order chi connectivity index (χ0) is 14.6. The average molecular weight is 319 g/mol. The standard InChI is InChI=1S/C11H8ClF5OS/c12-5-8(18)2-6-1-7(10(13)14)4-9(3-6)19-11(15,16)17/h1,3-4,10H,2,5H2. The topological polar surface area (TPSA) is 17.1 Å². The molecular formula is C11H8ClF5OS. The molecule has 0 saturated heterocycles. The number of benzene rings is 1. The molecule has 0 saturated carbocycles. The Hall–Kier alpha value is -0.820. The Morgan fingerprint density at radius 1 is 1.26 bits per heavy atom. The highest BCUT2D eigenvalue weighted by atomic mass is 35.5. The van der Waals surface area contributed by atoms with Crippen molar-refractivity contribution in [2.75, 3.05) is 5.88 Å². The normalized spacial score (nSPS) is 11.9. The first-order valence-corrected chi connectivity index (χ1v) is 6.32. The van der Waals surface area contributed by atoms with Crippen LogP contribution < -0.4 is 0 Å². The number of ketones is 1. The molecule has 0 aliphatic carbocycles. The number of hydrogen-bond donors (Lipinski definition) is 0. The third kappa shape index (κ3) is 5.78. The van der Waals surface area contributed by atoms with Gasteiger partial charge in [0.2, 0.25) is 0 Å². The van der Waals surface area contributed by atoms with E-state index >= 15 is 0 Å². The summed E-state index contributed by atoms with van der Waals surface area (Å²) in [5.41, 5.74) is -5.03. The smallest absolute Gasteiger partial charge is 0.298 e. The van der Waals surface area contributed by atoms with Gasteiger partial charge in [0, 0.05) is 16.9 Å². The van der Waals surface area contributed by atoms with E-state index in [1.54, 1.807) is 0 Å². The van der Waals surface area contributed by atoms with Gasteiger partial charge in [0.05, 0.1) is 5.88 Å². The molecule has 0 fully saturated rings. The molecule has 0 aliphatic rings. The van der Waals surface area contributed by atoms with Crippen molar-refractivity contribution in [3.63, 3.8) is 0 Å². The Morgan fingerprint density at radius 3 is 2.37 bits per heavy atom. The molecule has 0 atom stereocenters. The molecule has 19 heavy (non-hydrogen) atoms. The maximum Gasteiger partial charge on any atom is 0.446 e. The number of alkyl halides is 6. The maximum atomic E-state index is 12.6. The summed E-state index contributed by atoms with van der Waals surface area (Å²) in [5.74, 6) is -0.767. The van der Waals surface area contributed by atoms with Crippen molar-refractivity contribution in [1.29, 1.82) is 0 Å². The van der Waals surface area contributed by atoms with E-state index in [0.29, 0.717) is 0 Å². The highest BCUT2D eigenvalue weighted by Crippen LogP contribution is 2.38. The van der Waals surface area contributed by atoms with Crippen LogP contribution in [0.15, 0.2) is 23.1 Å². The fraction of sp³-hybridized carbons (Fsp3) is 0.364. The summed E-state index contributed by atoms with van der Waals surface area (Å²) in [4.78, 5) is 10.7. The molecule has 0 spiro atoms.